The first-order chi connectivity index (χ1) is 17.8. The van der Waals surface area contributed by atoms with Crippen molar-refractivity contribution in [3.05, 3.63) is 65.7 Å². The molecule has 0 unspecified atom stereocenters. The fraction of sp³-hybridized carbons (Fsp3) is 0.500. The number of benzene rings is 2. The maximum atomic E-state index is 12.2. The van der Waals surface area contributed by atoms with E-state index < -0.39 is 49.0 Å². The van der Waals surface area contributed by atoms with Crippen molar-refractivity contribution in [2.24, 2.45) is 0 Å². The number of rotatable bonds is 9. The molecule has 0 radical (unpaired) electrons. The van der Waals surface area contributed by atoms with Gasteiger partial charge in [0, 0.05) is 12.5 Å². The molecule has 2 aliphatic heterocycles. The smallest absolute Gasteiger partial charge is 0.332 e. The highest BCUT2D eigenvalue weighted by atomic mass is 16.8. The highest BCUT2D eigenvalue weighted by molar-refractivity contribution is 5.73. The third-order valence-electron chi connectivity index (χ3n) is 6.80. The van der Waals surface area contributed by atoms with E-state index in [0.29, 0.717) is 11.7 Å². The predicted molar refractivity (Wildman–Crippen MR) is 134 cm³/mol. The summed E-state index contributed by atoms with van der Waals surface area (Å²) < 4.78 is 30.6. The topological polar surface area (TPSA) is 113 Å². The summed E-state index contributed by atoms with van der Waals surface area (Å²) in [7, 11) is 0. The largest absolute Gasteiger partial charge is 0.479 e. The van der Waals surface area contributed by atoms with E-state index in [1.165, 1.54) is 19.4 Å². The van der Waals surface area contributed by atoms with E-state index in [9.17, 15) is 14.7 Å². The average Bonchev–Trinajstić information content (AvgIpc) is 2.90. The molecule has 8 atom stereocenters. The molecule has 2 aliphatic rings. The summed E-state index contributed by atoms with van der Waals surface area (Å²) in [6, 6.07) is 16.3. The molecule has 9 nitrogen and oxygen atoms in total. The minimum absolute atomic E-state index is 0.172. The second kappa shape index (κ2) is 12.0. The van der Waals surface area contributed by atoms with E-state index in [0.717, 1.165) is 12.0 Å². The van der Waals surface area contributed by atoms with Crippen LogP contribution in [0.15, 0.2) is 54.6 Å². The minimum atomic E-state index is -1.16. The van der Waals surface area contributed by atoms with Gasteiger partial charge in [-0.25, -0.2) is 4.79 Å². The van der Waals surface area contributed by atoms with Gasteiger partial charge in [-0.1, -0.05) is 56.3 Å². The van der Waals surface area contributed by atoms with Crippen LogP contribution in [0.3, 0.4) is 0 Å². The Hall–Kier alpha value is -2.98. The van der Waals surface area contributed by atoms with Gasteiger partial charge in [-0.2, -0.15) is 0 Å². The van der Waals surface area contributed by atoms with Crippen molar-refractivity contribution in [2.75, 3.05) is 6.61 Å². The Morgan fingerprint density at radius 2 is 1.78 bits per heavy atom. The van der Waals surface area contributed by atoms with E-state index in [1.54, 1.807) is 0 Å². The molecule has 2 aromatic rings. The summed E-state index contributed by atoms with van der Waals surface area (Å²) in [6.07, 6.45) is -4.01. The maximum Gasteiger partial charge on any atom is 0.332 e. The van der Waals surface area contributed by atoms with Gasteiger partial charge in [0.2, 0.25) is 12.2 Å². The Balaban J connectivity index is 1.62. The zero-order valence-corrected chi connectivity index (χ0v) is 21.5. The normalized spacial score (nSPS) is 29.0. The van der Waals surface area contributed by atoms with Gasteiger partial charge in [0.1, 0.15) is 30.1 Å². The Morgan fingerprint density at radius 1 is 1.08 bits per heavy atom. The summed E-state index contributed by atoms with van der Waals surface area (Å²) in [6.45, 7) is 7.28. The summed E-state index contributed by atoms with van der Waals surface area (Å²) in [4.78, 5) is 23.9. The third kappa shape index (κ3) is 6.48. The molecule has 0 saturated carbocycles. The minimum Gasteiger partial charge on any atom is -0.479 e. The number of fused-ring (bicyclic) bond motifs is 1. The molecule has 2 fully saturated rings. The van der Waals surface area contributed by atoms with Crippen LogP contribution in [0.2, 0.25) is 0 Å². The SMILES string of the molecule is CC[C@H](C)c1ccc(O[C@@H]2O[C@@H]3CO[C@H](c4ccccc4)O[C@@H]3[C@H](O[C@H](C)C(=O)O)[C@@H]2NC(C)=O)cc1. The van der Waals surface area contributed by atoms with Gasteiger partial charge in [-0.05, 0) is 37.0 Å². The monoisotopic (exact) mass is 513 g/mol. The van der Waals surface area contributed by atoms with Gasteiger partial charge in [-0.15, -0.1) is 0 Å². The standard InChI is InChI=1S/C28H35NO8/c1-5-16(2)19-11-13-21(14-12-19)35-28-23(29-18(4)30)25(34-17(3)26(31)32)24-22(36-28)15-33-27(37-24)20-9-7-6-8-10-20/h6-14,16-17,22-25,27-28H,5,15H2,1-4H3,(H,29,30)(H,31,32)/t16-,17+,22+,23-,24-,25+,27-,28+/m0/s1. The molecule has 0 aliphatic carbocycles. The Bertz CT molecular complexity index is 1050. The van der Waals surface area contributed by atoms with Crippen LogP contribution < -0.4 is 10.1 Å². The highest BCUT2D eigenvalue weighted by Gasteiger charge is 2.52. The van der Waals surface area contributed by atoms with Crippen molar-refractivity contribution in [1.82, 2.24) is 5.32 Å². The number of ether oxygens (including phenoxy) is 5. The zero-order valence-electron chi connectivity index (χ0n) is 21.5. The van der Waals surface area contributed by atoms with Gasteiger partial charge >= 0.3 is 5.97 Å². The van der Waals surface area contributed by atoms with E-state index in [-0.39, 0.29) is 12.5 Å². The van der Waals surface area contributed by atoms with Crippen LogP contribution in [0.25, 0.3) is 0 Å². The number of carboxylic acid groups (broad SMARTS) is 1. The number of aliphatic carboxylic acids is 1. The molecular formula is C28H35NO8. The van der Waals surface area contributed by atoms with E-state index >= 15 is 0 Å². The summed E-state index contributed by atoms with van der Waals surface area (Å²) >= 11 is 0. The van der Waals surface area contributed by atoms with Crippen molar-refractivity contribution >= 4 is 11.9 Å². The van der Waals surface area contributed by atoms with Gasteiger partial charge in [0.25, 0.3) is 0 Å². The van der Waals surface area contributed by atoms with E-state index in [1.807, 2.05) is 54.6 Å². The van der Waals surface area contributed by atoms with E-state index in [4.69, 9.17) is 23.7 Å². The van der Waals surface area contributed by atoms with Crippen molar-refractivity contribution in [2.45, 2.75) is 83.1 Å². The maximum absolute atomic E-state index is 12.2. The van der Waals surface area contributed by atoms with Crippen LogP contribution >= 0.6 is 0 Å². The van der Waals surface area contributed by atoms with Crippen molar-refractivity contribution in [3.63, 3.8) is 0 Å². The molecule has 37 heavy (non-hydrogen) atoms. The zero-order chi connectivity index (χ0) is 26.5. The molecule has 0 bridgehead atoms. The van der Waals surface area contributed by atoms with Crippen LogP contribution in [0.5, 0.6) is 5.75 Å². The Labute approximate surface area is 217 Å². The lowest BCUT2D eigenvalue weighted by Crippen LogP contribution is -2.68. The van der Waals surface area contributed by atoms with Crippen molar-refractivity contribution in [3.8, 4) is 5.75 Å². The number of hydrogen-bond donors (Lipinski definition) is 2. The highest BCUT2D eigenvalue weighted by Crippen LogP contribution is 2.36. The summed E-state index contributed by atoms with van der Waals surface area (Å²) in [5.41, 5.74) is 2.00. The first-order valence-corrected chi connectivity index (χ1v) is 12.7. The lowest BCUT2D eigenvalue weighted by molar-refractivity contribution is -0.340. The molecular weight excluding hydrogens is 478 g/mol. The Kier molecular flexibility index (Phi) is 8.81. The molecule has 2 saturated heterocycles. The first kappa shape index (κ1) is 27.1. The van der Waals surface area contributed by atoms with Gasteiger partial charge < -0.3 is 34.1 Å². The van der Waals surface area contributed by atoms with Crippen molar-refractivity contribution < 1.29 is 38.4 Å². The van der Waals surface area contributed by atoms with E-state index in [2.05, 4.69) is 19.2 Å². The van der Waals surface area contributed by atoms with Crippen LogP contribution in [-0.2, 0) is 28.5 Å². The van der Waals surface area contributed by atoms with Gasteiger partial charge in [0.15, 0.2) is 12.4 Å². The van der Waals surface area contributed by atoms with Crippen LogP contribution in [0.1, 0.15) is 57.5 Å². The fourth-order valence-corrected chi connectivity index (χ4v) is 4.54. The van der Waals surface area contributed by atoms with Crippen LogP contribution in [0.4, 0.5) is 0 Å². The molecule has 4 rings (SSSR count). The fourth-order valence-electron chi connectivity index (χ4n) is 4.54. The molecule has 2 N–H and O–H groups in total. The molecule has 0 aromatic heterocycles. The second-order valence-corrected chi connectivity index (χ2v) is 9.52. The Morgan fingerprint density at radius 3 is 2.41 bits per heavy atom. The number of carbonyl (C=O) groups excluding carboxylic acids is 1. The molecule has 2 heterocycles. The first-order valence-electron chi connectivity index (χ1n) is 12.7. The summed E-state index contributed by atoms with van der Waals surface area (Å²) in [5, 5.41) is 12.4. The van der Waals surface area contributed by atoms with Gasteiger partial charge in [0.05, 0.1) is 6.61 Å². The molecule has 9 heteroatoms. The van der Waals surface area contributed by atoms with Crippen LogP contribution in [0, 0.1) is 0 Å². The third-order valence-corrected chi connectivity index (χ3v) is 6.80. The molecule has 0 spiro atoms. The van der Waals surface area contributed by atoms with Gasteiger partial charge in [-0.3, -0.25) is 4.79 Å². The number of carboxylic acids is 1. The average molecular weight is 514 g/mol. The predicted octanol–water partition coefficient (Wildman–Crippen LogP) is 3.78. The number of hydrogen-bond acceptors (Lipinski definition) is 7. The lowest BCUT2D eigenvalue weighted by Gasteiger charge is -2.49. The number of nitrogens with one attached hydrogen (secondary N) is 1. The van der Waals surface area contributed by atoms with Crippen LogP contribution in [-0.4, -0.2) is 60.3 Å². The lowest BCUT2D eigenvalue weighted by atomic mass is 9.95. The number of amides is 1. The quantitative estimate of drug-likeness (QED) is 0.521. The second-order valence-electron chi connectivity index (χ2n) is 9.52. The summed E-state index contributed by atoms with van der Waals surface area (Å²) in [5.74, 6) is -0.502. The molecule has 1 amide bonds. The number of carbonyl (C=O) groups is 2. The molecule has 2 aromatic carbocycles. The van der Waals surface area contributed by atoms with Crippen molar-refractivity contribution in [1.29, 1.82) is 0 Å². The molecule has 200 valence electrons.